The first-order valence-electron chi connectivity index (χ1n) is 5.59. The summed E-state index contributed by atoms with van der Waals surface area (Å²) in [4.78, 5) is 0.893. The summed E-state index contributed by atoms with van der Waals surface area (Å²) < 4.78 is 44.4. The van der Waals surface area contributed by atoms with Gasteiger partial charge in [0, 0.05) is 14.3 Å². The number of methoxy groups -OCH3 is 1. The lowest BCUT2D eigenvalue weighted by Gasteiger charge is -2.13. The first-order valence-corrected chi connectivity index (χ1v) is 7.20. The monoisotopic (exact) mass is 362 g/mol. The lowest BCUT2D eigenvalue weighted by molar-refractivity contribution is -0.139. The fourth-order valence-corrected chi connectivity index (χ4v) is 2.89. The van der Waals surface area contributed by atoms with E-state index in [1.165, 1.54) is 6.07 Å². The third-order valence-corrected chi connectivity index (χ3v) is 4.11. The zero-order chi connectivity index (χ0) is 14.8. The van der Waals surface area contributed by atoms with Gasteiger partial charge in [0.2, 0.25) is 0 Å². The zero-order valence-corrected chi connectivity index (χ0v) is 12.8. The van der Waals surface area contributed by atoms with Crippen LogP contribution in [0.3, 0.4) is 0 Å². The average molecular weight is 363 g/mol. The third kappa shape index (κ3) is 3.70. The first-order chi connectivity index (χ1) is 9.40. The standard InChI is InChI=1S/C14H10BrF3OS/c1-19-10-3-5-11(6-4-10)20-13-7-2-9(15)8-12(13)14(16,17)18/h2-8H,1H3. The molecule has 0 saturated heterocycles. The Morgan fingerprint density at radius 3 is 2.25 bits per heavy atom. The number of hydrogen-bond donors (Lipinski definition) is 0. The molecule has 0 aliphatic carbocycles. The predicted octanol–water partition coefficient (Wildman–Crippen LogP) is 5.63. The van der Waals surface area contributed by atoms with Crippen LogP contribution < -0.4 is 4.74 Å². The molecule has 20 heavy (non-hydrogen) atoms. The molecule has 0 saturated carbocycles. The molecule has 0 radical (unpaired) electrons. The van der Waals surface area contributed by atoms with Crippen LogP contribution >= 0.6 is 27.7 Å². The molecule has 0 unspecified atom stereocenters. The number of benzene rings is 2. The van der Waals surface area contributed by atoms with Gasteiger partial charge < -0.3 is 4.74 Å². The van der Waals surface area contributed by atoms with Crippen LogP contribution in [0.25, 0.3) is 0 Å². The van der Waals surface area contributed by atoms with Crippen molar-refractivity contribution >= 4 is 27.7 Å². The summed E-state index contributed by atoms with van der Waals surface area (Å²) >= 11 is 4.14. The second-order valence-corrected chi connectivity index (χ2v) is 5.95. The van der Waals surface area contributed by atoms with E-state index in [9.17, 15) is 13.2 Å². The van der Waals surface area contributed by atoms with Gasteiger partial charge in [0.15, 0.2) is 0 Å². The second kappa shape index (κ2) is 6.10. The molecule has 0 aliphatic heterocycles. The summed E-state index contributed by atoms with van der Waals surface area (Å²) in [6, 6.07) is 11.0. The summed E-state index contributed by atoms with van der Waals surface area (Å²) in [6.07, 6.45) is -4.38. The van der Waals surface area contributed by atoms with E-state index in [-0.39, 0.29) is 4.90 Å². The Balaban J connectivity index is 2.32. The minimum absolute atomic E-state index is 0.172. The molecule has 6 heteroatoms. The highest BCUT2D eigenvalue weighted by atomic mass is 79.9. The van der Waals surface area contributed by atoms with Gasteiger partial charge in [-0.2, -0.15) is 13.2 Å². The molecule has 0 N–H and O–H groups in total. The molecule has 0 aliphatic rings. The third-order valence-electron chi connectivity index (χ3n) is 2.53. The summed E-state index contributed by atoms with van der Waals surface area (Å²) in [5.74, 6) is 0.668. The number of hydrogen-bond acceptors (Lipinski definition) is 2. The van der Waals surface area contributed by atoms with E-state index >= 15 is 0 Å². The van der Waals surface area contributed by atoms with Crippen molar-refractivity contribution in [2.45, 2.75) is 16.0 Å². The van der Waals surface area contributed by atoms with Crippen LogP contribution in [-0.4, -0.2) is 7.11 Å². The van der Waals surface area contributed by atoms with Crippen molar-refractivity contribution in [2.75, 3.05) is 7.11 Å². The molecule has 2 aromatic carbocycles. The van der Waals surface area contributed by atoms with Crippen molar-refractivity contribution < 1.29 is 17.9 Å². The molecular weight excluding hydrogens is 353 g/mol. The zero-order valence-electron chi connectivity index (χ0n) is 10.4. The van der Waals surface area contributed by atoms with Crippen LogP contribution in [-0.2, 0) is 6.18 Å². The summed E-state index contributed by atoms with van der Waals surface area (Å²) in [7, 11) is 1.54. The number of alkyl halides is 3. The van der Waals surface area contributed by atoms with Gasteiger partial charge in [-0.3, -0.25) is 0 Å². The highest BCUT2D eigenvalue weighted by Gasteiger charge is 2.33. The van der Waals surface area contributed by atoms with Crippen LogP contribution in [0.1, 0.15) is 5.56 Å². The molecule has 106 valence electrons. The molecule has 2 aromatic rings. The van der Waals surface area contributed by atoms with E-state index in [1.54, 1.807) is 37.4 Å². The van der Waals surface area contributed by atoms with Crippen LogP contribution in [0, 0.1) is 0 Å². The van der Waals surface area contributed by atoms with E-state index in [0.29, 0.717) is 10.2 Å². The Labute approximate surface area is 127 Å². The molecule has 0 spiro atoms. The van der Waals surface area contributed by atoms with Crippen molar-refractivity contribution in [1.82, 2.24) is 0 Å². The lowest BCUT2D eigenvalue weighted by Crippen LogP contribution is -2.06. The Hall–Kier alpha value is -1.14. The first kappa shape index (κ1) is 15.3. The van der Waals surface area contributed by atoms with Crippen LogP contribution in [0.15, 0.2) is 56.7 Å². The van der Waals surface area contributed by atoms with Gasteiger partial charge >= 0.3 is 6.18 Å². The van der Waals surface area contributed by atoms with Gasteiger partial charge in [-0.1, -0.05) is 27.7 Å². The lowest BCUT2D eigenvalue weighted by atomic mass is 10.2. The Morgan fingerprint density at radius 1 is 1.05 bits per heavy atom. The van der Waals surface area contributed by atoms with Crippen molar-refractivity contribution in [2.24, 2.45) is 0 Å². The maximum absolute atomic E-state index is 13.0. The maximum atomic E-state index is 13.0. The fourth-order valence-electron chi connectivity index (χ4n) is 1.58. The number of halogens is 4. The number of ether oxygens (including phenoxy) is 1. The normalized spacial score (nSPS) is 11.4. The summed E-state index contributed by atoms with van der Waals surface area (Å²) in [6.45, 7) is 0. The molecule has 0 aromatic heterocycles. The minimum Gasteiger partial charge on any atom is -0.497 e. The predicted molar refractivity (Wildman–Crippen MR) is 76.3 cm³/mol. The van der Waals surface area contributed by atoms with Crippen molar-refractivity contribution in [1.29, 1.82) is 0 Å². The van der Waals surface area contributed by atoms with E-state index in [0.717, 1.165) is 22.7 Å². The van der Waals surface area contributed by atoms with Crippen LogP contribution in [0.2, 0.25) is 0 Å². The number of rotatable bonds is 3. The molecule has 0 fully saturated rings. The van der Waals surface area contributed by atoms with Crippen molar-refractivity contribution in [3.63, 3.8) is 0 Å². The van der Waals surface area contributed by atoms with Gasteiger partial charge in [0.25, 0.3) is 0 Å². The Morgan fingerprint density at radius 2 is 1.70 bits per heavy atom. The second-order valence-electron chi connectivity index (χ2n) is 3.92. The SMILES string of the molecule is COc1ccc(Sc2ccc(Br)cc2C(F)(F)F)cc1. The van der Waals surface area contributed by atoms with Gasteiger partial charge in [0.05, 0.1) is 12.7 Å². The summed E-state index contributed by atoms with van der Waals surface area (Å²) in [5.41, 5.74) is -0.646. The largest absolute Gasteiger partial charge is 0.497 e. The van der Waals surface area contributed by atoms with Crippen LogP contribution in [0.5, 0.6) is 5.75 Å². The molecule has 0 amide bonds. The molecule has 2 rings (SSSR count). The highest BCUT2D eigenvalue weighted by molar-refractivity contribution is 9.10. The smallest absolute Gasteiger partial charge is 0.417 e. The maximum Gasteiger partial charge on any atom is 0.417 e. The molecule has 0 heterocycles. The van der Waals surface area contributed by atoms with Crippen molar-refractivity contribution in [3.8, 4) is 5.75 Å². The molecule has 0 bridgehead atoms. The van der Waals surface area contributed by atoms with E-state index in [1.807, 2.05) is 0 Å². The molecule has 0 atom stereocenters. The quantitative estimate of drug-likeness (QED) is 0.699. The minimum atomic E-state index is -4.38. The molecular formula is C14H10BrF3OS. The fraction of sp³-hybridized carbons (Fsp3) is 0.143. The van der Waals surface area contributed by atoms with E-state index < -0.39 is 11.7 Å². The van der Waals surface area contributed by atoms with Gasteiger partial charge in [-0.15, -0.1) is 0 Å². The summed E-state index contributed by atoms with van der Waals surface area (Å²) in [5, 5.41) is 0. The average Bonchev–Trinajstić information content (AvgIpc) is 2.40. The van der Waals surface area contributed by atoms with E-state index in [2.05, 4.69) is 15.9 Å². The van der Waals surface area contributed by atoms with E-state index in [4.69, 9.17) is 4.74 Å². The van der Waals surface area contributed by atoms with Crippen molar-refractivity contribution in [3.05, 3.63) is 52.5 Å². The van der Waals surface area contributed by atoms with Gasteiger partial charge in [0.1, 0.15) is 5.75 Å². The Bertz CT molecular complexity index is 596. The van der Waals surface area contributed by atoms with Gasteiger partial charge in [-0.25, -0.2) is 0 Å². The molecule has 1 nitrogen and oxygen atoms in total. The Kier molecular flexibility index (Phi) is 4.65. The van der Waals surface area contributed by atoms with Crippen LogP contribution in [0.4, 0.5) is 13.2 Å². The highest BCUT2D eigenvalue weighted by Crippen LogP contribution is 2.40. The topological polar surface area (TPSA) is 9.23 Å². The van der Waals surface area contributed by atoms with Gasteiger partial charge in [-0.05, 0) is 42.5 Å².